The highest BCUT2D eigenvalue weighted by atomic mass is 16.5. The summed E-state index contributed by atoms with van der Waals surface area (Å²) in [5.74, 6) is 1.31. The van der Waals surface area contributed by atoms with E-state index in [1.54, 1.807) is 7.11 Å². The summed E-state index contributed by atoms with van der Waals surface area (Å²) < 4.78 is 11.0. The second kappa shape index (κ2) is 10.2. The third-order valence-electron chi connectivity index (χ3n) is 5.27. The molecule has 1 N–H and O–H groups in total. The van der Waals surface area contributed by atoms with E-state index in [0.29, 0.717) is 18.7 Å². The molecule has 1 unspecified atom stereocenters. The minimum Gasteiger partial charge on any atom is -0.497 e. The molecule has 156 valence electrons. The molecule has 1 aliphatic rings. The van der Waals surface area contributed by atoms with Gasteiger partial charge in [0.2, 0.25) is 0 Å². The van der Waals surface area contributed by atoms with Gasteiger partial charge in [-0.1, -0.05) is 19.1 Å². The van der Waals surface area contributed by atoms with Gasteiger partial charge in [0, 0.05) is 38.4 Å². The number of nitrogens with zero attached hydrogens (tertiary/aromatic N) is 2. The molecular formula is C23H31N3O3. The Kier molecular flexibility index (Phi) is 7.36. The molecule has 2 aromatic rings. The quantitative estimate of drug-likeness (QED) is 0.742. The van der Waals surface area contributed by atoms with E-state index in [0.717, 1.165) is 37.5 Å². The molecule has 6 heteroatoms. The first kappa shape index (κ1) is 21.0. The number of carbonyl (C=O) groups excluding carboxylic acids is 1. The van der Waals surface area contributed by atoms with Crippen LogP contribution in [0.4, 0.5) is 5.69 Å². The molecule has 1 heterocycles. The molecule has 1 saturated heterocycles. The van der Waals surface area contributed by atoms with Crippen molar-refractivity contribution in [3.8, 4) is 11.5 Å². The highest BCUT2D eigenvalue weighted by Crippen LogP contribution is 2.19. The van der Waals surface area contributed by atoms with Gasteiger partial charge in [0.15, 0.2) is 6.10 Å². The summed E-state index contributed by atoms with van der Waals surface area (Å²) in [7, 11) is 3.78. The maximum Gasteiger partial charge on any atom is 0.261 e. The number of likely N-dealkylation sites (N-methyl/N-ethyl adjacent to an activating group) is 1. The van der Waals surface area contributed by atoms with Crippen molar-refractivity contribution in [1.82, 2.24) is 10.2 Å². The van der Waals surface area contributed by atoms with E-state index in [4.69, 9.17) is 9.47 Å². The number of amides is 1. The zero-order chi connectivity index (χ0) is 20.6. The first-order valence-corrected chi connectivity index (χ1v) is 10.2. The van der Waals surface area contributed by atoms with Gasteiger partial charge >= 0.3 is 0 Å². The fourth-order valence-corrected chi connectivity index (χ4v) is 3.33. The third kappa shape index (κ3) is 5.87. The molecule has 1 fully saturated rings. The van der Waals surface area contributed by atoms with Crippen molar-refractivity contribution in [2.75, 3.05) is 45.2 Å². The number of rotatable bonds is 8. The Morgan fingerprint density at radius 2 is 1.62 bits per heavy atom. The van der Waals surface area contributed by atoms with E-state index in [1.807, 2.05) is 31.2 Å². The minimum atomic E-state index is -0.520. The van der Waals surface area contributed by atoms with Gasteiger partial charge in [0.05, 0.1) is 7.11 Å². The van der Waals surface area contributed by atoms with Crippen molar-refractivity contribution < 1.29 is 14.3 Å². The average Bonchev–Trinajstić information content (AvgIpc) is 2.77. The molecular weight excluding hydrogens is 366 g/mol. The van der Waals surface area contributed by atoms with Gasteiger partial charge in [-0.05, 0) is 55.4 Å². The third-order valence-corrected chi connectivity index (χ3v) is 5.27. The molecule has 0 aliphatic carbocycles. The Labute approximate surface area is 173 Å². The summed E-state index contributed by atoms with van der Waals surface area (Å²) in [4.78, 5) is 17.3. The smallest absolute Gasteiger partial charge is 0.261 e. The molecule has 3 rings (SSSR count). The first-order valence-electron chi connectivity index (χ1n) is 10.2. The fourth-order valence-electron chi connectivity index (χ4n) is 3.33. The van der Waals surface area contributed by atoms with Crippen LogP contribution >= 0.6 is 0 Å². The van der Waals surface area contributed by atoms with Crippen molar-refractivity contribution in [3.05, 3.63) is 54.1 Å². The zero-order valence-electron chi connectivity index (χ0n) is 17.6. The average molecular weight is 398 g/mol. The van der Waals surface area contributed by atoms with Crippen LogP contribution in [0.15, 0.2) is 48.5 Å². The molecule has 1 aliphatic heterocycles. The highest BCUT2D eigenvalue weighted by molar-refractivity contribution is 5.81. The number of benzene rings is 2. The summed E-state index contributed by atoms with van der Waals surface area (Å²) in [5, 5.41) is 2.99. The van der Waals surface area contributed by atoms with Gasteiger partial charge in [-0.25, -0.2) is 0 Å². The van der Waals surface area contributed by atoms with Crippen molar-refractivity contribution in [2.24, 2.45) is 0 Å². The van der Waals surface area contributed by atoms with Crippen LogP contribution in [0.25, 0.3) is 0 Å². The lowest BCUT2D eigenvalue weighted by Gasteiger charge is -2.34. The predicted octanol–water partition coefficient (Wildman–Crippen LogP) is 2.92. The van der Waals surface area contributed by atoms with Gasteiger partial charge in [0.25, 0.3) is 5.91 Å². The van der Waals surface area contributed by atoms with Crippen molar-refractivity contribution >= 4 is 11.6 Å². The van der Waals surface area contributed by atoms with E-state index in [1.165, 1.54) is 5.69 Å². The molecule has 2 aromatic carbocycles. The van der Waals surface area contributed by atoms with Crippen LogP contribution in [0.1, 0.15) is 18.9 Å². The number of nitrogens with one attached hydrogen (secondary N) is 1. The van der Waals surface area contributed by atoms with E-state index >= 15 is 0 Å². The second-order valence-electron chi connectivity index (χ2n) is 7.36. The van der Waals surface area contributed by atoms with Crippen LogP contribution in [-0.2, 0) is 11.3 Å². The number of ether oxygens (including phenoxy) is 2. The summed E-state index contributed by atoms with van der Waals surface area (Å²) in [6, 6.07) is 15.7. The number of hydrogen-bond acceptors (Lipinski definition) is 5. The molecule has 0 saturated carbocycles. The topological polar surface area (TPSA) is 54.0 Å². The first-order chi connectivity index (χ1) is 14.1. The Morgan fingerprint density at radius 1 is 1.00 bits per heavy atom. The lowest BCUT2D eigenvalue weighted by Crippen LogP contribution is -2.44. The van der Waals surface area contributed by atoms with Gasteiger partial charge < -0.3 is 24.6 Å². The SMILES string of the molecule is CCC(Oc1ccc(OC)cc1)C(=O)NCc1ccc(N2CCN(C)CC2)cc1. The molecule has 0 spiro atoms. The van der Waals surface area contributed by atoms with E-state index in [9.17, 15) is 4.79 Å². The summed E-state index contributed by atoms with van der Waals surface area (Å²) in [5.41, 5.74) is 2.32. The Hall–Kier alpha value is -2.73. The Bertz CT molecular complexity index is 769. The molecule has 0 radical (unpaired) electrons. The van der Waals surface area contributed by atoms with Crippen LogP contribution in [-0.4, -0.2) is 57.2 Å². The lowest BCUT2D eigenvalue weighted by atomic mass is 10.1. The van der Waals surface area contributed by atoms with Crippen LogP contribution < -0.4 is 19.7 Å². The maximum atomic E-state index is 12.5. The van der Waals surface area contributed by atoms with Crippen LogP contribution in [0.3, 0.4) is 0 Å². The largest absolute Gasteiger partial charge is 0.497 e. The fraction of sp³-hybridized carbons (Fsp3) is 0.435. The number of carbonyl (C=O) groups is 1. The highest BCUT2D eigenvalue weighted by Gasteiger charge is 2.18. The Balaban J connectivity index is 1.50. The standard InChI is InChI=1S/C23H31N3O3/c1-4-22(29-21-11-9-20(28-3)10-12-21)23(27)24-17-18-5-7-19(8-6-18)26-15-13-25(2)14-16-26/h5-12,22H,4,13-17H2,1-3H3,(H,24,27). The number of piperazine rings is 1. The summed E-state index contributed by atoms with van der Waals surface area (Å²) >= 11 is 0. The number of methoxy groups -OCH3 is 1. The number of anilines is 1. The molecule has 29 heavy (non-hydrogen) atoms. The molecule has 1 amide bonds. The van der Waals surface area contributed by atoms with E-state index in [2.05, 4.69) is 46.4 Å². The van der Waals surface area contributed by atoms with Crippen molar-refractivity contribution in [3.63, 3.8) is 0 Å². The van der Waals surface area contributed by atoms with Gasteiger partial charge in [-0.2, -0.15) is 0 Å². The van der Waals surface area contributed by atoms with Crippen LogP contribution in [0.5, 0.6) is 11.5 Å². The summed E-state index contributed by atoms with van der Waals surface area (Å²) in [6.07, 6.45) is 0.0771. The Morgan fingerprint density at radius 3 is 2.21 bits per heavy atom. The van der Waals surface area contributed by atoms with Gasteiger partial charge in [-0.3, -0.25) is 4.79 Å². The summed E-state index contributed by atoms with van der Waals surface area (Å²) in [6.45, 7) is 6.71. The molecule has 6 nitrogen and oxygen atoms in total. The molecule has 0 bridgehead atoms. The molecule has 0 aromatic heterocycles. The van der Waals surface area contributed by atoms with E-state index in [-0.39, 0.29) is 5.91 Å². The van der Waals surface area contributed by atoms with Crippen LogP contribution in [0.2, 0.25) is 0 Å². The predicted molar refractivity (Wildman–Crippen MR) is 116 cm³/mol. The lowest BCUT2D eigenvalue weighted by molar-refractivity contribution is -0.128. The second-order valence-corrected chi connectivity index (χ2v) is 7.36. The normalized spacial score (nSPS) is 15.6. The van der Waals surface area contributed by atoms with Crippen LogP contribution in [0, 0.1) is 0 Å². The number of hydrogen-bond donors (Lipinski definition) is 1. The molecule has 1 atom stereocenters. The monoisotopic (exact) mass is 397 g/mol. The van der Waals surface area contributed by atoms with E-state index < -0.39 is 6.10 Å². The van der Waals surface area contributed by atoms with Crippen molar-refractivity contribution in [1.29, 1.82) is 0 Å². The maximum absolute atomic E-state index is 12.5. The van der Waals surface area contributed by atoms with Gasteiger partial charge in [0.1, 0.15) is 11.5 Å². The van der Waals surface area contributed by atoms with Gasteiger partial charge in [-0.15, -0.1) is 0 Å². The zero-order valence-corrected chi connectivity index (χ0v) is 17.6. The minimum absolute atomic E-state index is 0.105. The van der Waals surface area contributed by atoms with Crippen molar-refractivity contribution in [2.45, 2.75) is 26.0 Å².